The number of anilines is 2. The van der Waals surface area contributed by atoms with Crippen molar-refractivity contribution in [3.8, 4) is 5.75 Å². The lowest BCUT2D eigenvalue weighted by Crippen LogP contribution is -2.25. The predicted octanol–water partition coefficient (Wildman–Crippen LogP) is 3.77. The maximum atomic E-state index is 14.1. The maximum Gasteiger partial charge on any atom is 0.228 e. The molecule has 0 spiro atoms. The van der Waals surface area contributed by atoms with E-state index in [1.54, 1.807) is 19.1 Å². The van der Waals surface area contributed by atoms with Gasteiger partial charge in [0.15, 0.2) is 11.5 Å². The largest absolute Gasteiger partial charge is 0.494 e. The SMILES string of the molecule is CCC(CCOc1ccc(F)c(C)c1)Nc1nc(N)nc(C(C)(C)F)n1. The molecule has 142 valence electrons. The highest BCUT2D eigenvalue weighted by molar-refractivity contribution is 5.33. The highest BCUT2D eigenvalue weighted by atomic mass is 19.1. The molecular formula is C18H25F2N5O. The Hall–Kier alpha value is -2.51. The van der Waals surface area contributed by atoms with Crippen molar-refractivity contribution in [2.24, 2.45) is 0 Å². The minimum atomic E-state index is -1.71. The first-order valence-electron chi connectivity index (χ1n) is 8.55. The van der Waals surface area contributed by atoms with E-state index < -0.39 is 5.67 Å². The third-order valence-corrected chi connectivity index (χ3v) is 3.87. The van der Waals surface area contributed by atoms with E-state index in [4.69, 9.17) is 10.5 Å². The number of aryl methyl sites for hydroxylation is 1. The molecule has 1 aromatic heterocycles. The van der Waals surface area contributed by atoms with Crippen molar-refractivity contribution < 1.29 is 13.5 Å². The first-order valence-corrected chi connectivity index (χ1v) is 8.55. The van der Waals surface area contributed by atoms with Gasteiger partial charge in [0.1, 0.15) is 11.6 Å². The molecule has 1 atom stereocenters. The molecule has 3 N–H and O–H groups in total. The Morgan fingerprint density at radius 2 is 2.00 bits per heavy atom. The van der Waals surface area contributed by atoms with Gasteiger partial charge in [-0.25, -0.2) is 8.78 Å². The molecule has 2 rings (SSSR count). The molecule has 0 saturated heterocycles. The Bertz CT molecular complexity index is 749. The molecule has 1 unspecified atom stereocenters. The monoisotopic (exact) mass is 365 g/mol. The van der Waals surface area contributed by atoms with E-state index in [1.807, 2.05) is 6.92 Å². The number of halogens is 2. The number of ether oxygens (including phenoxy) is 1. The number of hydrogen-bond acceptors (Lipinski definition) is 6. The Balaban J connectivity index is 1.97. The van der Waals surface area contributed by atoms with E-state index in [2.05, 4.69) is 20.3 Å². The zero-order chi connectivity index (χ0) is 19.3. The fourth-order valence-electron chi connectivity index (χ4n) is 2.31. The summed E-state index contributed by atoms with van der Waals surface area (Å²) in [5, 5.41) is 3.14. The van der Waals surface area contributed by atoms with Crippen LogP contribution in [0, 0.1) is 12.7 Å². The van der Waals surface area contributed by atoms with Gasteiger partial charge >= 0.3 is 0 Å². The van der Waals surface area contributed by atoms with E-state index in [1.165, 1.54) is 19.9 Å². The summed E-state index contributed by atoms with van der Waals surface area (Å²) in [5.74, 6) is 0.549. The second-order valence-electron chi connectivity index (χ2n) is 6.61. The van der Waals surface area contributed by atoms with Crippen molar-refractivity contribution in [2.45, 2.75) is 52.2 Å². The standard InChI is InChI=1S/C18H25F2N5O/c1-5-12(8-9-26-13-6-7-14(19)11(2)10-13)22-17-24-15(18(3,4)20)23-16(21)25-17/h6-7,10,12H,5,8-9H2,1-4H3,(H3,21,22,23,24,25). The predicted molar refractivity (Wildman–Crippen MR) is 97.3 cm³/mol. The molecule has 0 saturated carbocycles. The van der Waals surface area contributed by atoms with Gasteiger partial charge in [0, 0.05) is 12.5 Å². The normalized spacial score (nSPS) is 12.7. The Morgan fingerprint density at radius 3 is 2.62 bits per heavy atom. The lowest BCUT2D eigenvalue weighted by atomic mass is 10.1. The summed E-state index contributed by atoms with van der Waals surface area (Å²) >= 11 is 0. The minimum absolute atomic E-state index is 0.00826. The Kier molecular flexibility index (Phi) is 6.28. The number of benzene rings is 1. The van der Waals surface area contributed by atoms with Gasteiger partial charge in [0.05, 0.1) is 6.61 Å². The molecule has 0 fully saturated rings. The summed E-state index contributed by atoms with van der Waals surface area (Å²) in [6.45, 7) is 6.85. The van der Waals surface area contributed by atoms with E-state index in [9.17, 15) is 8.78 Å². The fraction of sp³-hybridized carbons (Fsp3) is 0.500. The van der Waals surface area contributed by atoms with Crippen LogP contribution in [0.15, 0.2) is 18.2 Å². The average Bonchev–Trinajstić information content (AvgIpc) is 2.56. The van der Waals surface area contributed by atoms with Crippen LogP contribution in [-0.4, -0.2) is 27.6 Å². The van der Waals surface area contributed by atoms with Crippen LogP contribution in [0.1, 0.15) is 45.0 Å². The van der Waals surface area contributed by atoms with E-state index in [0.717, 1.165) is 6.42 Å². The summed E-state index contributed by atoms with van der Waals surface area (Å²) in [7, 11) is 0. The Morgan fingerprint density at radius 1 is 1.27 bits per heavy atom. The number of nitrogens with two attached hydrogens (primary N) is 1. The third-order valence-electron chi connectivity index (χ3n) is 3.87. The van der Waals surface area contributed by atoms with Crippen LogP contribution in [-0.2, 0) is 5.67 Å². The van der Waals surface area contributed by atoms with Crippen LogP contribution >= 0.6 is 0 Å². The number of nitrogens with one attached hydrogen (secondary N) is 1. The number of rotatable bonds is 8. The zero-order valence-electron chi connectivity index (χ0n) is 15.5. The second kappa shape index (κ2) is 8.25. The molecule has 0 aliphatic heterocycles. The van der Waals surface area contributed by atoms with Crippen LogP contribution in [0.25, 0.3) is 0 Å². The molecule has 0 radical (unpaired) electrons. The molecule has 8 heteroatoms. The van der Waals surface area contributed by atoms with Crippen molar-refractivity contribution >= 4 is 11.9 Å². The summed E-state index contributed by atoms with van der Waals surface area (Å²) in [5.41, 5.74) is 4.48. The molecule has 1 heterocycles. The number of hydrogen-bond donors (Lipinski definition) is 2. The highest BCUT2D eigenvalue weighted by Gasteiger charge is 2.24. The van der Waals surface area contributed by atoms with Gasteiger partial charge in [-0.15, -0.1) is 0 Å². The van der Waals surface area contributed by atoms with E-state index in [-0.39, 0.29) is 29.6 Å². The molecule has 2 aromatic rings. The van der Waals surface area contributed by atoms with Crippen LogP contribution in [0.3, 0.4) is 0 Å². The van der Waals surface area contributed by atoms with Crippen molar-refractivity contribution in [1.82, 2.24) is 15.0 Å². The van der Waals surface area contributed by atoms with Crippen LogP contribution in [0.4, 0.5) is 20.7 Å². The van der Waals surface area contributed by atoms with Gasteiger partial charge in [-0.05, 0) is 51.0 Å². The van der Waals surface area contributed by atoms with Crippen molar-refractivity contribution in [2.75, 3.05) is 17.7 Å². The summed E-state index contributed by atoms with van der Waals surface area (Å²) in [6.07, 6.45) is 1.44. The summed E-state index contributed by atoms with van der Waals surface area (Å²) < 4.78 is 33.0. The van der Waals surface area contributed by atoms with Crippen molar-refractivity contribution in [3.05, 3.63) is 35.4 Å². The average molecular weight is 365 g/mol. The molecule has 6 nitrogen and oxygen atoms in total. The van der Waals surface area contributed by atoms with Crippen molar-refractivity contribution in [3.63, 3.8) is 0 Å². The first kappa shape index (κ1) is 19.8. The minimum Gasteiger partial charge on any atom is -0.494 e. The molecule has 0 amide bonds. The smallest absolute Gasteiger partial charge is 0.228 e. The van der Waals surface area contributed by atoms with Gasteiger partial charge in [-0.2, -0.15) is 15.0 Å². The molecule has 1 aromatic carbocycles. The fourth-order valence-corrected chi connectivity index (χ4v) is 2.31. The lowest BCUT2D eigenvalue weighted by Gasteiger charge is -2.19. The van der Waals surface area contributed by atoms with Gasteiger partial charge in [-0.3, -0.25) is 0 Å². The van der Waals surface area contributed by atoms with Crippen LogP contribution < -0.4 is 15.8 Å². The highest BCUT2D eigenvalue weighted by Crippen LogP contribution is 2.22. The summed E-state index contributed by atoms with van der Waals surface area (Å²) in [4.78, 5) is 12.0. The van der Waals surface area contributed by atoms with E-state index in [0.29, 0.717) is 24.3 Å². The second-order valence-corrected chi connectivity index (χ2v) is 6.61. The van der Waals surface area contributed by atoms with Gasteiger partial charge in [0.25, 0.3) is 0 Å². The Labute approximate surface area is 152 Å². The van der Waals surface area contributed by atoms with Crippen LogP contribution in [0.2, 0.25) is 0 Å². The van der Waals surface area contributed by atoms with Gasteiger partial charge in [-0.1, -0.05) is 6.92 Å². The number of nitrogens with zero attached hydrogens (tertiary/aromatic N) is 3. The quantitative estimate of drug-likeness (QED) is 0.741. The van der Waals surface area contributed by atoms with Crippen LogP contribution in [0.5, 0.6) is 5.75 Å². The molecule has 26 heavy (non-hydrogen) atoms. The lowest BCUT2D eigenvalue weighted by molar-refractivity contribution is 0.206. The summed E-state index contributed by atoms with van der Waals surface area (Å²) in [6, 6.07) is 4.65. The van der Waals surface area contributed by atoms with Crippen molar-refractivity contribution in [1.29, 1.82) is 0 Å². The number of aromatic nitrogens is 3. The third kappa shape index (κ3) is 5.50. The first-order chi connectivity index (χ1) is 12.2. The van der Waals surface area contributed by atoms with Gasteiger partial charge < -0.3 is 15.8 Å². The molecular weight excluding hydrogens is 340 g/mol. The van der Waals surface area contributed by atoms with E-state index >= 15 is 0 Å². The molecule has 0 aliphatic rings. The number of nitrogen functional groups attached to an aromatic ring is 1. The molecule has 0 bridgehead atoms. The zero-order valence-corrected chi connectivity index (χ0v) is 15.5. The number of alkyl halides is 1. The topological polar surface area (TPSA) is 86.0 Å². The maximum absolute atomic E-state index is 14.1. The van der Waals surface area contributed by atoms with Gasteiger partial charge in [0.2, 0.25) is 11.9 Å². The molecule has 0 aliphatic carbocycles.